The van der Waals surface area contributed by atoms with Gasteiger partial charge in [-0.15, -0.1) is 10.2 Å². The van der Waals surface area contributed by atoms with Gasteiger partial charge in [0.15, 0.2) is 11.5 Å². The molecule has 0 N–H and O–H groups in total. The van der Waals surface area contributed by atoms with Crippen molar-refractivity contribution in [2.24, 2.45) is 10.2 Å². The quantitative estimate of drug-likeness (QED) is 0.00688. The molecular weight excluding hydrogens is 1130 g/mol. The fraction of sp³-hybridized carbons (Fsp3) is 0.403. The van der Waals surface area contributed by atoms with Crippen LogP contribution in [0.3, 0.4) is 0 Å². The summed E-state index contributed by atoms with van der Waals surface area (Å²) < 4.78 is 36.8. The molecule has 0 aliphatic carbocycles. The Morgan fingerprint density at radius 3 is 1.29 bits per heavy atom. The van der Waals surface area contributed by atoms with Gasteiger partial charge in [-0.05, 0) is 167 Å². The molecular formula is C77H95N3O10. The van der Waals surface area contributed by atoms with Crippen LogP contribution in [-0.4, -0.2) is 42.3 Å². The first-order chi connectivity index (χ1) is 43.9. The number of nitro groups is 1. The minimum absolute atomic E-state index is 0.0426. The number of rotatable bonds is 41. The van der Waals surface area contributed by atoms with Crippen molar-refractivity contribution in [3.8, 4) is 56.8 Å². The van der Waals surface area contributed by atoms with Crippen LogP contribution in [0.5, 0.6) is 34.5 Å². The van der Waals surface area contributed by atoms with Crippen molar-refractivity contribution >= 4 is 29.0 Å². The maximum absolute atomic E-state index is 14.1. The van der Waals surface area contributed by atoms with E-state index in [0.29, 0.717) is 36.5 Å². The van der Waals surface area contributed by atoms with Gasteiger partial charge in [-0.25, -0.2) is 9.59 Å². The van der Waals surface area contributed by atoms with E-state index in [0.717, 1.165) is 117 Å². The molecule has 478 valence electrons. The van der Waals surface area contributed by atoms with Crippen molar-refractivity contribution in [1.82, 2.24) is 0 Å². The van der Waals surface area contributed by atoms with Crippen LogP contribution in [0.4, 0.5) is 17.1 Å². The first kappa shape index (κ1) is 70.5. The second-order valence-corrected chi connectivity index (χ2v) is 22.8. The Kier molecular flexibility index (Phi) is 31.4. The Hall–Kier alpha value is -8.58. The van der Waals surface area contributed by atoms with Gasteiger partial charge in [-0.2, -0.15) is 0 Å². The molecule has 6 aromatic carbocycles. The van der Waals surface area contributed by atoms with E-state index >= 15 is 0 Å². The van der Waals surface area contributed by atoms with Gasteiger partial charge >= 0.3 is 17.6 Å². The third-order valence-corrected chi connectivity index (χ3v) is 15.2. The van der Waals surface area contributed by atoms with Gasteiger partial charge < -0.3 is 28.4 Å². The molecule has 0 unspecified atom stereocenters. The number of carbonyl (C=O) groups excluding carboxylic acids is 2. The van der Waals surface area contributed by atoms with E-state index in [1.807, 2.05) is 93.6 Å². The number of unbranched alkanes of at least 4 members (excludes halogenated alkanes) is 12. The summed E-state index contributed by atoms with van der Waals surface area (Å²) in [5, 5.41) is 22.1. The molecule has 13 heteroatoms. The number of hydrogen-bond acceptors (Lipinski definition) is 12. The molecule has 0 fully saturated rings. The smallest absolute Gasteiger partial charge is 0.343 e. The second kappa shape index (κ2) is 40.1. The van der Waals surface area contributed by atoms with Gasteiger partial charge in [-0.1, -0.05) is 189 Å². The SMILES string of the molecule is CCCCC/C=C\C/C=C\COc1ccc(-c2ccc(C(=O)Oc3cc(C)c(O[C@H](C)CCCCCC)cc3N=Nc3cc(OC(=O)c4ccc(-c5ccc(OC/C=C\C/C=C\CCCCC)cc5)cc4)c([N+](=O)[O-])cc3O[C@H](C)CCCCCC)cc2)cc1. The number of aryl methyl sites for hydroxylation is 1. The van der Waals surface area contributed by atoms with Crippen LogP contribution in [0.25, 0.3) is 22.3 Å². The molecule has 0 bridgehead atoms. The molecule has 0 saturated heterocycles. The zero-order valence-corrected chi connectivity index (χ0v) is 54.3. The average Bonchev–Trinajstić information content (AvgIpc) is 1.18. The summed E-state index contributed by atoms with van der Waals surface area (Å²) in [7, 11) is 0. The van der Waals surface area contributed by atoms with E-state index in [2.05, 4.69) is 74.4 Å². The summed E-state index contributed by atoms with van der Waals surface area (Å²) in [6, 6.07) is 35.3. The molecule has 0 heterocycles. The van der Waals surface area contributed by atoms with Gasteiger partial charge in [0.05, 0.1) is 34.3 Å². The van der Waals surface area contributed by atoms with Gasteiger partial charge in [0.2, 0.25) is 5.75 Å². The van der Waals surface area contributed by atoms with Crippen LogP contribution < -0.4 is 28.4 Å². The average molecular weight is 1220 g/mol. The van der Waals surface area contributed by atoms with E-state index in [1.54, 1.807) is 48.5 Å². The van der Waals surface area contributed by atoms with E-state index in [9.17, 15) is 19.7 Å². The number of azo groups is 1. The summed E-state index contributed by atoms with van der Waals surface area (Å²) in [6.07, 6.45) is 37.9. The number of nitro benzene ring substituents is 1. The maximum Gasteiger partial charge on any atom is 0.343 e. The Balaban J connectivity index is 1.22. The molecule has 6 aromatic rings. The maximum atomic E-state index is 14.1. The fourth-order valence-corrected chi connectivity index (χ4v) is 9.88. The normalized spacial score (nSPS) is 12.3. The summed E-state index contributed by atoms with van der Waals surface area (Å²) in [5.74, 6) is 0.357. The molecule has 0 saturated carbocycles. The lowest BCUT2D eigenvalue weighted by atomic mass is 10.0. The lowest BCUT2D eigenvalue weighted by Crippen LogP contribution is -2.13. The first-order valence-corrected chi connectivity index (χ1v) is 32.8. The van der Waals surface area contributed by atoms with Crippen molar-refractivity contribution < 1.29 is 42.9 Å². The summed E-state index contributed by atoms with van der Waals surface area (Å²) in [6.45, 7) is 15.5. The highest BCUT2D eigenvalue weighted by Gasteiger charge is 2.26. The molecule has 13 nitrogen and oxygen atoms in total. The molecule has 0 amide bonds. The zero-order chi connectivity index (χ0) is 64.1. The minimum atomic E-state index is -0.820. The summed E-state index contributed by atoms with van der Waals surface area (Å²) in [5.41, 5.74) is 4.47. The molecule has 0 aliphatic rings. The van der Waals surface area contributed by atoms with Gasteiger partial charge in [0.1, 0.15) is 41.8 Å². The molecule has 90 heavy (non-hydrogen) atoms. The van der Waals surface area contributed by atoms with E-state index in [1.165, 1.54) is 50.7 Å². The van der Waals surface area contributed by atoms with Crippen LogP contribution >= 0.6 is 0 Å². The van der Waals surface area contributed by atoms with Crippen molar-refractivity contribution in [3.05, 3.63) is 197 Å². The Morgan fingerprint density at radius 2 is 0.844 bits per heavy atom. The molecule has 0 radical (unpaired) electrons. The third kappa shape index (κ3) is 24.8. The van der Waals surface area contributed by atoms with Gasteiger partial charge in [0.25, 0.3) is 0 Å². The summed E-state index contributed by atoms with van der Waals surface area (Å²) in [4.78, 5) is 40.2. The molecule has 0 aromatic heterocycles. The fourth-order valence-electron chi connectivity index (χ4n) is 9.88. The van der Waals surface area contributed by atoms with Crippen LogP contribution in [0, 0.1) is 17.0 Å². The predicted octanol–water partition coefficient (Wildman–Crippen LogP) is 22.5. The number of nitrogens with zero attached hydrogens (tertiary/aromatic N) is 3. The third-order valence-electron chi connectivity index (χ3n) is 15.2. The zero-order valence-electron chi connectivity index (χ0n) is 54.3. The topological polar surface area (TPSA) is 157 Å². The van der Waals surface area contributed by atoms with E-state index in [-0.39, 0.29) is 46.4 Å². The van der Waals surface area contributed by atoms with Crippen LogP contribution in [-0.2, 0) is 0 Å². The van der Waals surface area contributed by atoms with Crippen molar-refractivity contribution in [1.29, 1.82) is 0 Å². The van der Waals surface area contributed by atoms with Crippen molar-refractivity contribution in [3.63, 3.8) is 0 Å². The monoisotopic (exact) mass is 1220 g/mol. The highest BCUT2D eigenvalue weighted by atomic mass is 16.6. The number of benzene rings is 6. The van der Waals surface area contributed by atoms with E-state index in [4.69, 9.17) is 28.4 Å². The number of hydrogen-bond donors (Lipinski definition) is 0. The van der Waals surface area contributed by atoms with Gasteiger partial charge in [0, 0.05) is 12.1 Å². The molecule has 6 rings (SSSR count). The second-order valence-electron chi connectivity index (χ2n) is 22.8. The standard InChI is InChI=1S/C77H95N3O10/c1-8-12-16-20-22-24-26-28-32-52-85-67-48-44-63(45-49-67)61-36-40-65(41-37-61)76(81)89-73-54-58(5)72(87-59(6)34-30-18-14-10-3)55-69(73)78-79-70-56-75(71(80(83)84)57-74(70)88-60(7)35-31-19-15-11-4)90-77(82)66-42-38-62(39-43-66)64-46-50-68(51-47-64)86-53-33-29-27-25-23-21-17-13-9-2/h22-25,28-29,32-33,36-51,54-57,59-60H,8-21,26-27,30-31,34-35,52-53H2,1-7H3/b24-22-,25-23-,32-28-,33-29-,79-78?/t59-,60-/m1/s1. The molecule has 0 aliphatic heterocycles. The van der Waals surface area contributed by atoms with E-state index < -0.39 is 22.5 Å². The number of esters is 2. The lowest BCUT2D eigenvalue weighted by Gasteiger charge is -2.18. The first-order valence-electron chi connectivity index (χ1n) is 32.8. The summed E-state index contributed by atoms with van der Waals surface area (Å²) >= 11 is 0. The predicted molar refractivity (Wildman–Crippen MR) is 365 cm³/mol. The Labute approximate surface area is 535 Å². The minimum Gasteiger partial charge on any atom is -0.490 e. The highest BCUT2D eigenvalue weighted by Crippen LogP contribution is 2.43. The van der Waals surface area contributed by atoms with Crippen molar-refractivity contribution in [2.45, 2.75) is 189 Å². The van der Waals surface area contributed by atoms with Crippen molar-refractivity contribution in [2.75, 3.05) is 13.2 Å². The van der Waals surface area contributed by atoms with Crippen LogP contribution in [0.1, 0.15) is 196 Å². The lowest BCUT2D eigenvalue weighted by molar-refractivity contribution is -0.385. The Morgan fingerprint density at radius 1 is 0.456 bits per heavy atom. The van der Waals surface area contributed by atoms with Crippen LogP contribution in [0.15, 0.2) is 180 Å². The number of carbonyl (C=O) groups is 2. The molecule has 2 atom stereocenters. The number of ether oxygens (including phenoxy) is 6. The Bertz CT molecular complexity index is 3270. The highest BCUT2D eigenvalue weighted by molar-refractivity contribution is 5.93. The van der Waals surface area contributed by atoms with Gasteiger partial charge in [-0.3, -0.25) is 10.1 Å². The number of allylic oxidation sites excluding steroid dienone is 6. The largest absolute Gasteiger partial charge is 0.490 e. The molecule has 0 spiro atoms. The van der Waals surface area contributed by atoms with Crippen LogP contribution in [0.2, 0.25) is 0 Å².